The van der Waals surface area contributed by atoms with Gasteiger partial charge < -0.3 is 9.47 Å². The third-order valence-corrected chi connectivity index (χ3v) is 4.78. The van der Waals surface area contributed by atoms with Gasteiger partial charge in [0, 0.05) is 0 Å². The summed E-state index contributed by atoms with van der Waals surface area (Å²) in [7, 11) is 0. The van der Waals surface area contributed by atoms with Crippen LogP contribution in [0.15, 0.2) is 42.5 Å². The first-order valence-electron chi connectivity index (χ1n) is 9.84. The maximum Gasteiger partial charge on any atom is 0.262 e. The topological polar surface area (TPSA) is 55.8 Å². The molecule has 0 aliphatic carbocycles. The van der Waals surface area contributed by atoms with E-state index in [1.165, 1.54) is 4.90 Å². The number of hydrogen-bond donors (Lipinski definition) is 0. The predicted molar refractivity (Wildman–Crippen MR) is 108 cm³/mol. The fraction of sp³-hybridized carbons (Fsp3) is 0.391. The standard InChI is InChI=1S/C23H27NO4/c1-5-27-20-12-11-16(14-21(20)28-6-2)19(13-15(3)4)24-22(25)17-9-7-8-10-18(17)23(24)26/h7-12,14-15,19H,5-6,13H2,1-4H3/t19-/m0/s1. The highest BCUT2D eigenvalue weighted by atomic mass is 16.5. The number of nitrogens with zero attached hydrogens (tertiary/aromatic N) is 1. The molecule has 0 saturated heterocycles. The molecule has 3 rings (SSSR count). The van der Waals surface area contributed by atoms with E-state index in [0.29, 0.717) is 48.2 Å². The molecule has 0 radical (unpaired) electrons. The molecular formula is C23H27NO4. The number of ether oxygens (including phenoxy) is 2. The van der Waals surface area contributed by atoms with Gasteiger partial charge in [-0.05, 0) is 56.0 Å². The molecule has 1 atom stereocenters. The minimum Gasteiger partial charge on any atom is -0.490 e. The van der Waals surface area contributed by atoms with Crippen LogP contribution in [-0.2, 0) is 0 Å². The summed E-state index contributed by atoms with van der Waals surface area (Å²) in [6.07, 6.45) is 0.672. The van der Waals surface area contributed by atoms with Crippen molar-refractivity contribution in [3.63, 3.8) is 0 Å². The second-order valence-corrected chi connectivity index (χ2v) is 7.24. The zero-order chi connectivity index (χ0) is 20.3. The molecule has 2 aromatic carbocycles. The van der Waals surface area contributed by atoms with E-state index < -0.39 is 0 Å². The minimum atomic E-state index is -0.359. The monoisotopic (exact) mass is 381 g/mol. The number of carbonyl (C=O) groups excluding carboxylic acids is 2. The van der Waals surface area contributed by atoms with Crippen LogP contribution in [0.3, 0.4) is 0 Å². The van der Waals surface area contributed by atoms with Crippen molar-refractivity contribution in [2.75, 3.05) is 13.2 Å². The molecule has 2 amide bonds. The van der Waals surface area contributed by atoms with Gasteiger partial charge >= 0.3 is 0 Å². The predicted octanol–water partition coefficient (Wildman–Crippen LogP) is 4.87. The molecule has 0 bridgehead atoms. The fourth-order valence-corrected chi connectivity index (χ4v) is 3.60. The van der Waals surface area contributed by atoms with Crippen molar-refractivity contribution in [2.24, 2.45) is 5.92 Å². The second-order valence-electron chi connectivity index (χ2n) is 7.24. The summed E-state index contributed by atoms with van der Waals surface area (Å²) >= 11 is 0. The van der Waals surface area contributed by atoms with Gasteiger partial charge in [0.25, 0.3) is 11.8 Å². The zero-order valence-corrected chi connectivity index (χ0v) is 16.9. The van der Waals surface area contributed by atoms with Crippen molar-refractivity contribution >= 4 is 11.8 Å². The number of amides is 2. The van der Waals surface area contributed by atoms with E-state index in [1.54, 1.807) is 24.3 Å². The lowest BCUT2D eigenvalue weighted by atomic mass is 9.95. The summed E-state index contributed by atoms with van der Waals surface area (Å²) in [6.45, 7) is 9.05. The average molecular weight is 381 g/mol. The number of fused-ring (bicyclic) bond motifs is 1. The Morgan fingerprint density at radius 1 is 0.857 bits per heavy atom. The normalized spacial score (nSPS) is 14.4. The first-order valence-corrected chi connectivity index (χ1v) is 9.84. The van der Waals surface area contributed by atoms with Gasteiger partial charge in [-0.25, -0.2) is 0 Å². The third kappa shape index (κ3) is 3.75. The molecule has 0 aromatic heterocycles. The van der Waals surface area contributed by atoms with Crippen LogP contribution in [0.1, 0.15) is 66.4 Å². The van der Waals surface area contributed by atoms with Crippen LogP contribution in [0.25, 0.3) is 0 Å². The van der Waals surface area contributed by atoms with Gasteiger partial charge in [-0.2, -0.15) is 0 Å². The average Bonchev–Trinajstić information content (AvgIpc) is 2.93. The quantitative estimate of drug-likeness (QED) is 0.612. The van der Waals surface area contributed by atoms with E-state index >= 15 is 0 Å². The Hall–Kier alpha value is -2.82. The van der Waals surface area contributed by atoms with Crippen molar-refractivity contribution in [2.45, 2.75) is 40.2 Å². The van der Waals surface area contributed by atoms with Crippen molar-refractivity contribution in [3.05, 3.63) is 59.2 Å². The summed E-state index contributed by atoms with van der Waals surface area (Å²) in [5.74, 6) is 1.12. The van der Waals surface area contributed by atoms with E-state index in [1.807, 2.05) is 32.0 Å². The molecule has 0 fully saturated rings. The third-order valence-electron chi connectivity index (χ3n) is 4.78. The Bertz CT molecular complexity index is 840. The van der Waals surface area contributed by atoms with Gasteiger partial charge in [0.2, 0.25) is 0 Å². The molecule has 2 aromatic rings. The summed E-state index contributed by atoms with van der Waals surface area (Å²) in [5, 5.41) is 0. The maximum absolute atomic E-state index is 13.0. The number of benzene rings is 2. The van der Waals surface area contributed by atoms with E-state index in [0.717, 1.165) is 5.56 Å². The Morgan fingerprint density at radius 3 is 1.96 bits per heavy atom. The van der Waals surface area contributed by atoms with Crippen LogP contribution in [0.5, 0.6) is 11.5 Å². The Kier molecular flexibility index (Phi) is 6.02. The Morgan fingerprint density at radius 2 is 1.43 bits per heavy atom. The molecule has 0 spiro atoms. The van der Waals surface area contributed by atoms with Crippen molar-refractivity contribution < 1.29 is 19.1 Å². The molecule has 5 heteroatoms. The minimum absolute atomic E-state index is 0.238. The van der Waals surface area contributed by atoms with Crippen LogP contribution in [0, 0.1) is 5.92 Å². The first-order chi connectivity index (χ1) is 13.5. The van der Waals surface area contributed by atoms with Gasteiger partial charge in [0.15, 0.2) is 11.5 Å². The van der Waals surface area contributed by atoms with E-state index in [9.17, 15) is 9.59 Å². The van der Waals surface area contributed by atoms with Gasteiger partial charge in [0.1, 0.15) is 0 Å². The van der Waals surface area contributed by atoms with Crippen LogP contribution in [0.4, 0.5) is 0 Å². The lowest BCUT2D eigenvalue weighted by molar-refractivity contribution is 0.0563. The fourth-order valence-electron chi connectivity index (χ4n) is 3.60. The Labute approximate surface area is 166 Å². The van der Waals surface area contributed by atoms with Crippen LogP contribution >= 0.6 is 0 Å². The highest BCUT2D eigenvalue weighted by molar-refractivity contribution is 6.21. The van der Waals surface area contributed by atoms with Gasteiger partial charge in [-0.15, -0.1) is 0 Å². The van der Waals surface area contributed by atoms with Crippen LogP contribution in [-0.4, -0.2) is 29.9 Å². The van der Waals surface area contributed by atoms with Crippen molar-refractivity contribution in [3.8, 4) is 11.5 Å². The van der Waals surface area contributed by atoms with E-state index in [-0.39, 0.29) is 17.9 Å². The summed E-state index contributed by atoms with van der Waals surface area (Å²) < 4.78 is 11.4. The molecular weight excluding hydrogens is 354 g/mol. The zero-order valence-electron chi connectivity index (χ0n) is 16.9. The van der Waals surface area contributed by atoms with Gasteiger partial charge in [-0.3, -0.25) is 14.5 Å². The SMILES string of the molecule is CCOc1ccc([C@H](CC(C)C)N2C(=O)c3ccccc3C2=O)cc1OCC. The highest BCUT2D eigenvalue weighted by Gasteiger charge is 2.40. The number of rotatable bonds is 8. The van der Waals surface area contributed by atoms with Crippen LogP contribution < -0.4 is 9.47 Å². The Balaban J connectivity index is 2.03. The highest BCUT2D eigenvalue weighted by Crippen LogP contribution is 2.38. The first kappa shape index (κ1) is 19.9. The summed E-state index contributed by atoms with van der Waals surface area (Å²) in [6, 6.07) is 12.3. The number of imide groups is 1. The molecule has 5 nitrogen and oxygen atoms in total. The molecule has 148 valence electrons. The molecule has 0 N–H and O–H groups in total. The van der Waals surface area contributed by atoms with Crippen molar-refractivity contribution in [1.82, 2.24) is 4.90 Å². The lowest BCUT2D eigenvalue weighted by Gasteiger charge is -2.29. The molecule has 0 saturated carbocycles. The van der Waals surface area contributed by atoms with Gasteiger partial charge in [-0.1, -0.05) is 32.0 Å². The second kappa shape index (κ2) is 8.46. The maximum atomic E-state index is 13.0. The molecule has 1 aliphatic heterocycles. The lowest BCUT2D eigenvalue weighted by Crippen LogP contribution is -2.35. The smallest absolute Gasteiger partial charge is 0.262 e. The number of carbonyl (C=O) groups is 2. The van der Waals surface area contributed by atoms with Crippen molar-refractivity contribution in [1.29, 1.82) is 0 Å². The van der Waals surface area contributed by atoms with E-state index in [4.69, 9.17) is 9.47 Å². The van der Waals surface area contributed by atoms with Crippen LogP contribution in [0.2, 0.25) is 0 Å². The molecule has 1 heterocycles. The van der Waals surface area contributed by atoms with E-state index in [2.05, 4.69) is 13.8 Å². The largest absolute Gasteiger partial charge is 0.490 e. The molecule has 0 unspecified atom stereocenters. The van der Waals surface area contributed by atoms with Gasteiger partial charge in [0.05, 0.1) is 30.4 Å². The molecule has 1 aliphatic rings. The summed E-state index contributed by atoms with van der Waals surface area (Å²) in [5.41, 5.74) is 1.81. The molecule has 28 heavy (non-hydrogen) atoms. The number of hydrogen-bond acceptors (Lipinski definition) is 4. The summed E-state index contributed by atoms with van der Waals surface area (Å²) in [4.78, 5) is 27.5.